The SMILES string of the molecule is CNC(=O)c1ccc(N2CCN(Cc3ccc4c([nH]c(=O)c5occc54)c3F)CC2)c(C(F)F)n1. The highest BCUT2D eigenvalue weighted by molar-refractivity contribution is 6.03. The first-order chi connectivity index (χ1) is 16.9. The van der Waals surface area contributed by atoms with Crippen molar-refractivity contribution in [1.29, 1.82) is 0 Å². The Morgan fingerprint density at radius 3 is 2.63 bits per heavy atom. The van der Waals surface area contributed by atoms with Crippen LogP contribution in [0.4, 0.5) is 18.9 Å². The number of piperazine rings is 1. The van der Waals surface area contributed by atoms with Crippen LogP contribution in [0.25, 0.3) is 21.9 Å². The predicted molar refractivity (Wildman–Crippen MR) is 124 cm³/mol. The fourth-order valence-electron chi connectivity index (χ4n) is 4.49. The maximum Gasteiger partial charge on any atom is 0.292 e. The first-order valence-corrected chi connectivity index (χ1v) is 11.1. The third kappa shape index (κ3) is 4.12. The molecule has 3 aromatic heterocycles. The highest BCUT2D eigenvalue weighted by Crippen LogP contribution is 2.30. The molecule has 182 valence electrons. The van der Waals surface area contributed by atoms with Crippen LogP contribution in [0, 0.1) is 5.82 Å². The minimum atomic E-state index is -2.83. The molecule has 5 rings (SSSR count). The van der Waals surface area contributed by atoms with Crippen molar-refractivity contribution in [2.24, 2.45) is 0 Å². The number of carbonyl (C=O) groups is 1. The van der Waals surface area contributed by atoms with E-state index in [0.717, 1.165) is 0 Å². The smallest absolute Gasteiger partial charge is 0.292 e. The lowest BCUT2D eigenvalue weighted by Crippen LogP contribution is -2.46. The van der Waals surface area contributed by atoms with E-state index in [1.807, 2.05) is 4.90 Å². The van der Waals surface area contributed by atoms with Gasteiger partial charge in [-0.3, -0.25) is 14.5 Å². The minimum Gasteiger partial charge on any atom is -0.459 e. The first kappa shape index (κ1) is 22.9. The quantitative estimate of drug-likeness (QED) is 0.450. The molecule has 0 spiro atoms. The van der Waals surface area contributed by atoms with Crippen LogP contribution in [0.5, 0.6) is 0 Å². The summed E-state index contributed by atoms with van der Waals surface area (Å²) < 4.78 is 47.8. The summed E-state index contributed by atoms with van der Waals surface area (Å²) in [6.45, 7) is 2.19. The highest BCUT2D eigenvalue weighted by Gasteiger charge is 2.25. The van der Waals surface area contributed by atoms with Crippen molar-refractivity contribution in [2.45, 2.75) is 13.0 Å². The van der Waals surface area contributed by atoms with Crippen LogP contribution in [0.15, 0.2) is 45.8 Å². The molecule has 1 amide bonds. The molecule has 0 aliphatic carbocycles. The molecule has 1 saturated heterocycles. The summed E-state index contributed by atoms with van der Waals surface area (Å²) in [6.07, 6.45) is -1.44. The topological polar surface area (TPSA) is 94.5 Å². The molecule has 11 heteroatoms. The van der Waals surface area contributed by atoms with Crippen molar-refractivity contribution in [2.75, 3.05) is 38.1 Å². The molecular weight excluding hydrogens is 463 g/mol. The zero-order valence-electron chi connectivity index (χ0n) is 18.8. The van der Waals surface area contributed by atoms with Gasteiger partial charge in [0.25, 0.3) is 17.9 Å². The molecule has 0 saturated carbocycles. The number of fused-ring (bicyclic) bond motifs is 3. The molecule has 1 aromatic carbocycles. The Balaban J connectivity index is 1.33. The van der Waals surface area contributed by atoms with Crippen molar-refractivity contribution in [3.05, 3.63) is 69.7 Å². The van der Waals surface area contributed by atoms with E-state index >= 15 is 4.39 Å². The number of anilines is 1. The lowest BCUT2D eigenvalue weighted by Gasteiger charge is -2.36. The number of furan rings is 1. The lowest BCUT2D eigenvalue weighted by atomic mass is 10.1. The van der Waals surface area contributed by atoms with Crippen LogP contribution in [-0.4, -0.2) is 54.0 Å². The second-order valence-electron chi connectivity index (χ2n) is 8.32. The van der Waals surface area contributed by atoms with Gasteiger partial charge in [0.15, 0.2) is 11.4 Å². The van der Waals surface area contributed by atoms with Gasteiger partial charge in [-0.15, -0.1) is 0 Å². The third-order valence-corrected chi connectivity index (χ3v) is 6.30. The van der Waals surface area contributed by atoms with E-state index < -0.39 is 29.4 Å². The number of halogens is 3. The zero-order chi connectivity index (χ0) is 24.7. The van der Waals surface area contributed by atoms with Gasteiger partial charge < -0.3 is 19.6 Å². The van der Waals surface area contributed by atoms with E-state index in [2.05, 4.69) is 15.3 Å². The van der Waals surface area contributed by atoms with Crippen LogP contribution >= 0.6 is 0 Å². The molecule has 0 unspecified atom stereocenters. The Kier molecular flexibility index (Phi) is 5.93. The van der Waals surface area contributed by atoms with Gasteiger partial charge in [0.1, 0.15) is 11.4 Å². The maximum atomic E-state index is 15.3. The minimum absolute atomic E-state index is 0.0669. The number of rotatable bonds is 5. The molecule has 0 bridgehead atoms. The van der Waals surface area contributed by atoms with Gasteiger partial charge in [-0.2, -0.15) is 0 Å². The average Bonchev–Trinajstić information content (AvgIpc) is 3.37. The summed E-state index contributed by atoms with van der Waals surface area (Å²) in [4.78, 5) is 34.2. The van der Waals surface area contributed by atoms with E-state index in [-0.39, 0.29) is 22.5 Å². The second-order valence-corrected chi connectivity index (χ2v) is 8.32. The number of alkyl halides is 2. The number of aromatic amines is 1. The standard InChI is InChI=1S/C24H22F3N5O3/c1-28-23(33)16-4-5-17(20(29-16)22(26)27)32-9-7-31(8-10-32)12-13-2-3-14-15-6-11-35-21(15)24(34)30-19(14)18(13)25/h2-6,11,22H,7-10,12H2,1H3,(H,28,33)(H,30,34). The zero-order valence-corrected chi connectivity index (χ0v) is 18.8. The Hall–Kier alpha value is -3.86. The number of hydrogen-bond donors (Lipinski definition) is 2. The Morgan fingerprint density at radius 1 is 1.14 bits per heavy atom. The largest absolute Gasteiger partial charge is 0.459 e. The molecule has 1 fully saturated rings. The van der Waals surface area contributed by atoms with Gasteiger partial charge in [-0.25, -0.2) is 18.2 Å². The molecule has 0 atom stereocenters. The van der Waals surface area contributed by atoms with Gasteiger partial charge in [-0.05, 0) is 18.2 Å². The Bertz CT molecular complexity index is 1470. The van der Waals surface area contributed by atoms with E-state index in [9.17, 15) is 18.4 Å². The number of carbonyl (C=O) groups excluding carboxylic acids is 1. The van der Waals surface area contributed by atoms with Crippen LogP contribution in [0.1, 0.15) is 28.2 Å². The Morgan fingerprint density at radius 2 is 1.91 bits per heavy atom. The number of benzene rings is 1. The van der Waals surface area contributed by atoms with Gasteiger partial charge in [-0.1, -0.05) is 12.1 Å². The molecule has 8 nitrogen and oxygen atoms in total. The van der Waals surface area contributed by atoms with Crippen LogP contribution in [0.3, 0.4) is 0 Å². The second kappa shape index (κ2) is 9.06. The molecule has 4 aromatic rings. The summed E-state index contributed by atoms with van der Waals surface area (Å²) in [5.74, 6) is -1.03. The van der Waals surface area contributed by atoms with E-state index in [0.29, 0.717) is 49.1 Å². The number of H-pyrrole nitrogens is 1. The van der Waals surface area contributed by atoms with Gasteiger partial charge >= 0.3 is 0 Å². The molecule has 4 heterocycles. The van der Waals surface area contributed by atoms with Crippen molar-refractivity contribution in [1.82, 2.24) is 20.2 Å². The molecule has 2 N–H and O–H groups in total. The summed E-state index contributed by atoms with van der Waals surface area (Å²) in [5, 5.41) is 3.49. The van der Waals surface area contributed by atoms with Crippen molar-refractivity contribution in [3.63, 3.8) is 0 Å². The maximum absolute atomic E-state index is 15.3. The van der Waals surface area contributed by atoms with E-state index in [1.165, 1.54) is 25.4 Å². The van der Waals surface area contributed by atoms with Crippen LogP contribution < -0.4 is 15.8 Å². The normalized spacial score (nSPS) is 14.8. The van der Waals surface area contributed by atoms with Gasteiger partial charge in [0.05, 0.1) is 17.5 Å². The summed E-state index contributed by atoms with van der Waals surface area (Å²) in [6, 6.07) is 7.99. The summed E-state index contributed by atoms with van der Waals surface area (Å²) in [7, 11) is 1.41. The molecule has 1 aliphatic heterocycles. The van der Waals surface area contributed by atoms with Crippen LogP contribution in [0.2, 0.25) is 0 Å². The van der Waals surface area contributed by atoms with E-state index in [1.54, 1.807) is 23.1 Å². The van der Waals surface area contributed by atoms with Gasteiger partial charge in [0, 0.05) is 56.1 Å². The predicted octanol–water partition coefficient (Wildman–Crippen LogP) is 3.43. The van der Waals surface area contributed by atoms with Gasteiger partial charge in [0.2, 0.25) is 0 Å². The summed E-state index contributed by atoms with van der Waals surface area (Å²) in [5.41, 5.74) is -0.00346. The number of aromatic nitrogens is 2. The average molecular weight is 485 g/mol. The fraction of sp³-hybridized carbons (Fsp3) is 0.292. The molecular formula is C24H22F3N5O3. The third-order valence-electron chi connectivity index (χ3n) is 6.30. The number of nitrogens with zero attached hydrogens (tertiary/aromatic N) is 3. The summed E-state index contributed by atoms with van der Waals surface area (Å²) >= 11 is 0. The van der Waals surface area contributed by atoms with Crippen LogP contribution in [-0.2, 0) is 6.54 Å². The molecule has 0 radical (unpaired) electrons. The van der Waals surface area contributed by atoms with Crippen molar-refractivity contribution >= 4 is 33.5 Å². The van der Waals surface area contributed by atoms with Crippen molar-refractivity contribution in [3.8, 4) is 0 Å². The lowest BCUT2D eigenvalue weighted by molar-refractivity contribution is 0.0956. The number of amides is 1. The molecule has 1 aliphatic rings. The molecule has 35 heavy (non-hydrogen) atoms. The number of nitrogens with one attached hydrogen (secondary N) is 2. The highest BCUT2D eigenvalue weighted by atomic mass is 19.3. The number of hydrogen-bond acceptors (Lipinski definition) is 6. The van der Waals surface area contributed by atoms with E-state index in [4.69, 9.17) is 4.42 Å². The number of pyridine rings is 2. The fourth-order valence-corrected chi connectivity index (χ4v) is 4.49. The monoisotopic (exact) mass is 485 g/mol. The Labute approximate surface area is 197 Å². The van der Waals surface area contributed by atoms with Crippen molar-refractivity contribution < 1.29 is 22.4 Å². The first-order valence-electron chi connectivity index (χ1n) is 11.1.